The van der Waals surface area contributed by atoms with E-state index in [1.165, 1.54) is 68.9 Å². The van der Waals surface area contributed by atoms with Gasteiger partial charge in [-0.05, 0) is 41.5 Å². The summed E-state index contributed by atoms with van der Waals surface area (Å²) in [5, 5.41) is 0. The van der Waals surface area contributed by atoms with Crippen molar-refractivity contribution in [2.24, 2.45) is 0 Å². The van der Waals surface area contributed by atoms with Crippen LogP contribution in [0.5, 0.6) is 0 Å². The third-order valence-electron chi connectivity index (χ3n) is 7.52. The van der Waals surface area contributed by atoms with Crippen molar-refractivity contribution in [2.75, 3.05) is 0 Å². The van der Waals surface area contributed by atoms with E-state index >= 15 is 0 Å². The van der Waals surface area contributed by atoms with Gasteiger partial charge in [-0.15, -0.1) is 0 Å². The second kappa shape index (κ2) is 10.1. The average Bonchev–Trinajstić information content (AvgIpc) is 2.70. The summed E-state index contributed by atoms with van der Waals surface area (Å²) in [6, 6.07) is 20.8. The predicted molar refractivity (Wildman–Crippen MR) is 132 cm³/mol. The van der Waals surface area contributed by atoms with Gasteiger partial charge in [0.05, 0.1) is 6.15 Å². The zero-order valence-corrected chi connectivity index (χ0v) is 20.4. The molecule has 0 aromatic heterocycles. The molecule has 0 aliphatic heterocycles. The summed E-state index contributed by atoms with van der Waals surface area (Å²) in [7, 11) is 0. The van der Waals surface area contributed by atoms with Crippen LogP contribution in [-0.2, 0) is 0 Å². The van der Waals surface area contributed by atoms with E-state index in [9.17, 15) is 0 Å². The summed E-state index contributed by atoms with van der Waals surface area (Å²) in [5.41, 5.74) is 13.1. The molecule has 152 valence electrons. The summed E-state index contributed by atoms with van der Waals surface area (Å²) in [4.78, 5) is 0. The van der Waals surface area contributed by atoms with Crippen molar-refractivity contribution < 1.29 is 18.9 Å². The molecule has 0 N–H and O–H groups in total. The average molecular weight is 390 g/mol. The van der Waals surface area contributed by atoms with Crippen molar-refractivity contribution in [3.05, 3.63) is 88.0 Å². The van der Waals surface area contributed by atoms with Gasteiger partial charge in [-0.1, -0.05) is 108 Å². The fourth-order valence-corrected chi connectivity index (χ4v) is 5.40. The van der Waals surface area contributed by atoms with Gasteiger partial charge in [0.25, 0.3) is 0 Å². The van der Waals surface area contributed by atoms with Crippen LogP contribution in [0.1, 0.15) is 53.1 Å². The summed E-state index contributed by atoms with van der Waals surface area (Å²) < 4.78 is 0. The van der Waals surface area contributed by atoms with Gasteiger partial charge in [0.15, 0.2) is 0 Å². The molecule has 0 aliphatic carbocycles. The summed E-state index contributed by atoms with van der Waals surface area (Å²) in [5.74, 6) is 0. The van der Waals surface area contributed by atoms with Gasteiger partial charge in [-0.25, -0.2) is 0 Å². The quantitative estimate of drug-likeness (QED) is 0.568. The van der Waals surface area contributed by atoms with Crippen LogP contribution in [0.3, 0.4) is 0 Å². The van der Waals surface area contributed by atoms with Gasteiger partial charge in [-0.2, -0.15) is 22.7 Å². The van der Waals surface area contributed by atoms with Crippen LogP contribution in [-0.4, -0.2) is 6.15 Å². The molecule has 0 unspecified atom stereocenters. The largest absolute Gasteiger partial charge is 1.00 e. The van der Waals surface area contributed by atoms with Gasteiger partial charge in [0, 0.05) is 0 Å². The Labute approximate surface area is 196 Å². The minimum absolute atomic E-state index is 0. The Morgan fingerprint density at radius 1 is 0.567 bits per heavy atom. The Hall–Kier alpha value is -1.68. The summed E-state index contributed by atoms with van der Waals surface area (Å²) in [6.45, 7) is 16.1. The molecule has 0 amide bonds. The normalized spacial score (nSPS) is 11.3. The van der Waals surface area contributed by atoms with Crippen LogP contribution in [0.15, 0.2) is 54.6 Å². The molecular formula is C28H36BLi. The molecule has 3 rings (SSSR count). The Morgan fingerprint density at radius 2 is 0.900 bits per heavy atom. The van der Waals surface area contributed by atoms with Crippen LogP contribution < -0.4 is 35.2 Å². The van der Waals surface area contributed by atoms with E-state index in [1.807, 2.05) is 0 Å². The second-order valence-electron chi connectivity index (χ2n) is 9.06. The molecule has 0 nitrogen and oxygen atoms in total. The van der Waals surface area contributed by atoms with Gasteiger partial charge >= 0.3 is 18.9 Å². The molecule has 0 fully saturated rings. The number of aryl methyl sites for hydroxylation is 3. The van der Waals surface area contributed by atoms with Crippen LogP contribution >= 0.6 is 0 Å². The molecule has 0 saturated carbocycles. The van der Waals surface area contributed by atoms with Gasteiger partial charge in [0.1, 0.15) is 0 Å². The van der Waals surface area contributed by atoms with Crippen LogP contribution in [0.2, 0.25) is 6.32 Å². The van der Waals surface area contributed by atoms with Crippen LogP contribution in [0.25, 0.3) is 0 Å². The van der Waals surface area contributed by atoms with Crippen LogP contribution in [0, 0.1) is 41.5 Å². The SMILES string of the molecule is CCCC[B-](c1cccc(C)c1C)(c1cccc(C)c1C)c1cccc(C)c1C.[Li+]. The number of rotatable bonds is 6. The van der Waals surface area contributed by atoms with E-state index in [-0.39, 0.29) is 18.9 Å². The van der Waals surface area contributed by atoms with E-state index in [0.29, 0.717) is 0 Å². The fraction of sp³-hybridized carbons (Fsp3) is 0.357. The van der Waals surface area contributed by atoms with Crippen molar-refractivity contribution in [1.29, 1.82) is 0 Å². The smallest absolute Gasteiger partial charge is 0.197 e. The predicted octanol–water partition coefficient (Wildman–Crippen LogP) is 2.81. The maximum Gasteiger partial charge on any atom is 1.00 e. The Kier molecular flexibility index (Phi) is 8.27. The maximum atomic E-state index is 2.40. The molecule has 0 radical (unpaired) electrons. The zero-order chi connectivity index (χ0) is 21.2. The summed E-state index contributed by atoms with van der Waals surface area (Å²) >= 11 is 0. The minimum atomic E-state index is -1.05. The molecule has 3 aromatic rings. The van der Waals surface area contributed by atoms with E-state index < -0.39 is 6.15 Å². The molecule has 30 heavy (non-hydrogen) atoms. The third-order valence-corrected chi connectivity index (χ3v) is 7.52. The van der Waals surface area contributed by atoms with Crippen LogP contribution in [0.4, 0.5) is 0 Å². The van der Waals surface area contributed by atoms with Crippen molar-refractivity contribution in [3.8, 4) is 0 Å². The van der Waals surface area contributed by atoms with Gasteiger partial charge < -0.3 is 0 Å². The number of unbranched alkanes of at least 4 members (excludes halogenated alkanes) is 1. The van der Waals surface area contributed by atoms with E-state index in [0.717, 1.165) is 0 Å². The number of benzene rings is 3. The zero-order valence-electron chi connectivity index (χ0n) is 20.4. The Balaban J connectivity index is 0.00000320. The fourth-order valence-electron chi connectivity index (χ4n) is 5.40. The van der Waals surface area contributed by atoms with Gasteiger partial charge in [-0.3, -0.25) is 0 Å². The van der Waals surface area contributed by atoms with E-state index in [2.05, 4.69) is 103 Å². The standard InChI is InChI=1S/C28H36B.Li/c1-8-9-19-29(26-16-10-13-20(2)23(26)5,27-17-11-14-21(3)24(27)6)28-18-12-15-22(4)25(28)7;/h10-18H,8-9,19H2,1-7H3;/q-1;+1. The molecule has 3 aromatic carbocycles. The molecule has 2 heteroatoms. The van der Waals surface area contributed by atoms with Crippen molar-refractivity contribution >= 4 is 22.5 Å². The molecule has 0 heterocycles. The molecule has 0 bridgehead atoms. The molecule has 0 atom stereocenters. The van der Waals surface area contributed by atoms with E-state index in [1.54, 1.807) is 0 Å². The first-order chi connectivity index (χ1) is 13.8. The second-order valence-corrected chi connectivity index (χ2v) is 9.06. The van der Waals surface area contributed by atoms with Crippen molar-refractivity contribution in [2.45, 2.75) is 67.6 Å². The van der Waals surface area contributed by atoms with E-state index in [4.69, 9.17) is 0 Å². The third kappa shape index (κ3) is 4.21. The number of hydrogen-bond donors (Lipinski definition) is 0. The minimum Gasteiger partial charge on any atom is -0.197 e. The summed E-state index contributed by atoms with van der Waals surface area (Å²) in [6.07, 6.45) is 2.59. The van der Waals surface area contributed by atoms with Crippen molar-refractivity contribution in [1.82, 2.24) is 0 Å². The first kappa shape index (κ1) is 24.6. The Morgan fingerprint density at radius 3 is 1.20 bits per heavy atom. The molecule has 0 saturated heterocycles. The molecule has 0 spiro atoms. The van der Waals surface area contributed by atoms with Crippen molar-refractivity contribution in [3.63, 3.8) is 0 Å². The first-order valence-corrected chi connectivity index (χ1v) is 11.2. The maximum absolute atomic E-state index is 2.40. The Bertz CT molecular complexity index is 894. The topological polar surface area (TPSA) is 0 Å². The molecule has 0 aliphatic rings. The first-order valence-electron chi connectivity index (χ1n) is 11.2. The number of hydrogen-bond acceptors (Lipinski definition) is 0. The monoisotopic (exact) mass is 390 g/mol. The van der Waals surface area contributed by atoms with Gasteiger partial charge in [0.2, 0.25) is 0 Å². The molecular weight excluding hydrogens is 354 g/mol.